The second-order valence-corrected chi connectivity index (χ2v) is 14.1. The highest BCUT2D eigenvalue weighted by atomic mass is 16.5. The summed E-state index contributed by atoms with van der Waals surface area (Å²) in [7, 11) is 1.66. The summed E-state index contributed by atoms with van der Waals surface area (Å²) in [5.74, 6) is 0.358. The van der Waals surface area contributed by atoms with E-state index >= 15 is 0 Å². The summed E-state index contributed by atoms with van der Waals surface area (Å²) in [6.07, 6.45) is 0.0789. The third kappa shape index (κ3) is 4.56. The van der Waals surface area contributed by atoms with Crippen molar-refractivity contribution in [1.82, 2.24) is 0 Å². The SMILES string of the molecule is COc1ccc(C(C)(C)[C@H]2[C@H](CCO)O[C@@]3(C(=O)N(Cc4cccc(N5C(=O)c6cccc7cccc5c67)c4)c4ccccc43)[C@@H]2C)cc1. The van der Waals surface area contributed by atoms with E-state index in [0.29, 0.717) is 18.5 Å². The number of carbonyl (C=O) groups is 2. The van der Waals surface area contributed by atoms with Crippen molar-refractivity contribution in [2.75, 3.05) is 23.5 Å². The zero-order valence-corrected chi connectivity index (χ0v) is 28.2. The number of nitrogens with zero attached hydrogens (tertiary/aromatic N) is 2. The Kier molecular flexibility index (Phi) is 7.39. The van der Waals surface area contributed by atoms with Crippen molar-refractivity contribution in [2.45, 2.75) is 50.9 Å². The predicted molar refractivity (Wildman–Crippen MR) is 191 cm³/mol. The van der Waals surface area contributed by atoms with Gasteiger partial charge in [-0.15, -0.1) is 0 Å². The Bertz CT molecular complexity index is 2100. The standard InChI is InChI=1S/C42H40N2O5/c1-26-38(41(2,3)29-18-20-31(48-4)21-19-29)36(22-23-45)49-42(26)33-15-5-6-16-34(33)43(40(42)47)25-27-10-7-13-30(24-27)44-35-17-9-12-28-11-8-14-32(37(28)35)39(44)46/h5-21,24,26,36,38,45H,22-23,25H2,1-4H3/t26-,36+,38-,42+/m1/s1. The molecule has 1 spiro atoms. The maximum absolute atomic E-state index is 15.0. The van der Waals surface area contributed by atoms with Gasteiger partial charge >= 0.3 is 0 Å². The number of anilines is 3. The van der Waals surface area contributed by atoms with E-state index in [2.05, 4.69) is 32.9 Å². The van der Waals surface area contributed by atoms with E-state index in [1.165, 1.54) is 0 Å². The molecule has 1 fully saturated rings. The Hall–Kier alpha value is -4.98. The minimum absolute atomic E-state index is 0.0399. The molecule has 1 N–H and O–H groups in total. The summed E-state index contributed by atoms with van der Waals surface area (Å²) in [5, 5.41) is 12.2. The topological polar surface area (TPSA) is 79.3 Å². The molecule has 0 unspecified atom stereocenters. The van der Waals surface area contributed by atoms with Crippen molar-refractivity contribution in [3.8, 4) is 5.75 Å². The molecule has 7 nitrogen and oxygen atoms in total. The Morgan fingerprint density at radius 3 is 2.35 bits per heavy atom. The summed E-state index contributed by atoms with van der Waals surface area (Å²) < 4.78 is 12.4. The molecule has 1 saturated heterocycles. The summed E-state index contributed by atoms with van der Waals surface area (Å²) in [4.78, 5) is 32.3. The monoisotopic (exact) mass is 652 g/mol. The first-order valence-electron chi connectivity index (χ1n) is 17.0. The molecule has 0 aromatic heterocycles. The van der Waals surface area contributed by atoms with Crippen LogP contribution in [0.15, 0.2) is 109 Å². The zero-order chi connectivity index (χ0) is 34.1. The van der Waals surface area contributed by atoms with Crippen LogP contribution in [0.2, 0.25) is 0 Å². The van der Waals surface area contributed by atoms with Gasteiger partial charge in [-0.1, -0.05) is 87.5 Å². The fourth-order valence-electron chi connectivity index (χ4n) is 8.97. The first-order valence-corrected chi connectivity index (χ1v) is 17.0. The predicted octanol–water partition coefficient (Wildman–Crippen LogP) is 7.89. The van der Waals surface area contributed by atoms with Crippen LogP contribution >= 0.6 is 0 Å². The highest BCUT2D eigenvalue weighted by Crippen LogP contribution is 2.60. The average Bonchev–Trinajstić information content (AvgIpc) is 3.67. The Labute approximate surface area is 286 Å². The molecule has 8 rings (SSSR count). The second-order valence-electron chi connectivity index (χ2n) is 14.1. The first kappa shape index (κ1) is 31.3. The van der Waals surface area contributed by atoms with Gasteiger partial charge in [0.25, 0.3) is 11.8 Å². The van der Waals surface area contributed by atoms with Gasteiger partial charge in [-0.25, -0.2) is 0 Å². The minimum atomic E-state index is -1.20. The van der Waals surface area contributed by atoms with Crippen LogP contribution in [0.4, 0.5) is 17.1 Å². The second kappa shape index (κ2) is 11.6. The molecular formula is C42H40N2O5. The summed E-state index contributed by atoms with van der Waals surface area (Å²) in [6, 6.07) is 35.8. The van der Waals surface area contributed by atoms with E-state index in [0.717, 1.165) is 50.3 Å². The van der Waals surface area contributed by atoms with Crippen molar-refractivity contribution in [2.24, 2.45) is 11.8 Å². The van der Waals surface area contributed by atoms with E-state index in [1.807, 2.05) is 102 Å². The number of ether oxygens (including phenoxy) is 2. The highest BCUT2D eigenvalue weighted by molar-refractivity contribution is 6.27. The van der Waals surface area contributed by atoms with Crippen LogP contribution in [0.25, 0.3) is 10.8 Å². The number of fused-ring (bicyclic) bond motifs is 2. The van der Waals surface area contributed by atoms with Crippen LogP contribution in [0.3, 0.4) is 0 Å². The Morgan fingerprint density at radius 2 is 1.59 bits per heavy atom. The molecule has 248 valence electrons. The summed E-state index contributed by atoms with van der Waals surface area (Å²) >= 11 is 0. The van der Waals surface area contributed by atoms with Gasteiger partial charge in [0.05, 0.1) is 36.7 Å². The lowest BCUT2D eigenvalue weighted by Crippen LogP contribution is -2.45. The van der Waals surface area contributed by atoms with E-state index < -0.39 is 5.60 Å². The van der Waals surface area contributed by atoms with Gasteiger partial charge in [0.2, 0.25) is 0 Å². The number of amides is 2. The number of aliphatic hydroxyl groups is 1. The van der Waals surface area contributed by atoms with E-state index in [-0.39, 0.29) is 41.8 Å². The lowest BCUT2D eigenvalue weighted by Gasteiger charge is -2.38. The molecule has 4 atom stereocenters. The number of hydrogen-bond acceptors (Lipinski definition) is 5. The van der Waals surface area contributed by atoms with E-state index in [9.17, 15) is 14.7 Å². The molecule has 7 heteroatoms. The van der Waals surface area contributed by atoms with Gasteiger partial charge in [0.1, 0.15) is 5.75 Å². The molecule has 3 aliphatic heterocycles. The van der Waals surface area contributed by atoms with Crippen molar-refractivity contribution in [1.29, 1.82) is 0 Å². The smallest absolute Gasteiger partial charge is 0.264 e. The van der Waals surface area contributed by atoms with Crippen LogP contribution in [0, 0.1) is 11.8 Å². The maximum atomic E-state index is 15.0. The van der Waals surface area contributed by atoms with Crippen LogP contribution in [0.1, 0.15) is 54.2 Å². The molecule has 49 heavy (non-hydrogen) atoms. The lowest BCUT2D eigenvalue weighted by atomic mass is 9.63. The van der Waals surface area contributed by atoms with E-state index in [1.54, 1.807) is 12.0 Å². The average molecular weight is 653 g/mol. The first-order chi connectivity index (χ1) is 23.7. The fourth-order valence-corrected chi connectivity index (χ4v) is 8.97. The molecular weight excluding hydrogens is 612 g/mol. The van der Waals surface area contributed by atoms with Gasteiger partial charge in [-0.2, -0.15) is 0 Å². The molecule has 2 amide bonds. The fraction of sp³-hybridized carbons (Fsp3) is 0.286. The largest absolute Gasteiger partial charge is 0.497 e. The number of para-hydroxylation sites is 1. The van der Waals surface area contributed by atoms with Gasteiger partial charge in [-0.05, 0) is 70.8 Å². The molecule has 3 aliphatic rings. The van der Waals surface area contributed by atoms with Crippen LogP contribution in [-0.2, 0) is 27.1 Å². The van der Waals surface area contributed by atoms with Crippen molar-refractivity contribution in [3.63, 3.8) is 0 Å². The third-order valence-corrected chi connectivity index (χ3v) is 11.2. The zero-order valence-electron chi connectivity index (χ0n) is 28.2. The normalized spacial score (nSPS) is 22.8. The number of methoxy groups -OCH3 is 1. The van der Waals surface area contributed by atoms with Gasteiger partial charge in [0, 0.05) is 35.1 Å². The van der Waals surface area contributed by atoms with Crippen molar-refractivity contribution >= 4 is 39.6 Å². The van der Waals surface area contributed by atoms with Gasteiger partial charge in [0.15, 0.2) is 5.60 Å². The number of benzene rings is 5. The molecule has 3 heterocycles. The molecule has 5 aromatic carbocycles. The minimum Gasteiger partial charge on any atom is -0.497 e. The molecule has 0 aliphatic carbocycles. The van der Waals surface area contributed by atoms with Crippen LogP contribution in [-0.4, -0.2) is 36.7 Å². The summed E-state index contributed by atoms with van der Waals surface area (Å²) in [6.45, 7) is 6.81. The van der Waals surface area contributed by atoms with Gasteiger partial charge in [-0.3, -0.25) is 14.5 Å². The maximum Gasteiger partial charge on any atom is 0.264 e. The Balaban J connectivity index is 1.15. The number of rotatable bonds is 8. The van der Waals surface area contributed by atoms with E-state index in [4.69, 9.17) is 9.47 Å². The number of aliphatic hydroxyl groups excluding tert-OH is 1. The lowest BCUT2D eigenvalue weighted by molar-refractivity contribution is -0.146. The molecule has 0 radical (unpaired) electrons. The third-order valence-electron chi connectivity index (χ3n) is 11.2. The van der Waals surface area contributed by atoms with Crippen LogP contribution < -0.4 is 14.5 Å². The number of hydrogen-bond donors (Lipinski definition) is 1. The van der Waals surface area contributed by atoms with Crippen molar-refractivity contribution in [3.05, 3.63) is 131 Å². The molecule has 0 saturated carbocycles. The van der Waals surface area contributed by atoms with Crippen molar-refractivity contribution < 1.29 is 24.2 Å². The number of carbonyl (C=O) groups excluding carboxylic acids is 2. The molecule has 5 aromatic rings. The summed E-state index contributed by atoms with van der Waals surface area (Å²) in [5.41, 5.74) is 4.44. The van der Waals surface area contributed by atoms with Crippen LogP contribution in [0.5, 0.6) is 5.75 Å². The highest BCUT2D eigenvalue weighted by Gasteiger charge is 2.65. The Morgan fingerprint density at radius 1 is 0.878 bits per heavy atom. The van der Waals surface area contributed by atoms with Gasteiger partial charge < -0.3 is 19.5 Å². The quantitative estimate of drug-likeness (QED) is 0.184. The molecule has 0 bridgehead atoms.